The molecule has 0 bridgehead atoms. The Hall–Kier alpha value is -1.84. The molecule has 2 aliphatic rings. The van der Waals surface area contributed by atoms with Crippen molar-refractivity contribution in [1.82, 2.24) is 20.4 Å². The van der Waals surface area contributed by atoms with Gasteiger partial charge in [0, 0.05) is 39.8 Å². The molecule has 2 saturated heterocycles. The maximum Gasteiger partial charge on any atom is 0.416 e. The third-order valence-corrected chi connectivity index (χ3v) is 5.96. The van der Waals surface area contributed by atoms with Gasteiger partial charge in [-0.15, -0.1) is 0 Å². The number of hydrogen-bond acceptors (Lipinski definition) is 4. The molecule has 3 rings (SSSR count). The molecule has 0 spiro atoms. The van der Waals surface area contributed by atoms with Gasteiger partial charge < -0.3 is 20.3 Å². The van der Waals surface area contributed by atoms with Crippen LogP contribution in [0.2, 0.25) is 0 Å². The van der Waals surface area contributed by atoms with Crippen molar-refractivity contribution in [2.45, 2.75) is 31.5 Å². The quantitative estimate of drug-likeness (QED) is 0.504. The maximum absolute atomic E-state index is 13.0. The van der Waals surface area contributed by atoms with Gasteiger partial charge in [-0.05, 0) is 43.6 Å². The molecule has 1 atom stereocenters. The molecule has 0 saturated carbocycles. The third-order valence-electron chi connectivity index (χ3n) is 5.96. The molecule has 2 heterocycles. The van der Waals surface area contributed by atoms with Crippen LogP contribution in [0.15, 0.2) is 29.3 Å². The highest BCUT2D eigenvalue weighted by Gasteiger charge is 2.31. The second kappa shape index (κ2) is 11.7. The molecule has 0 aromatic heterocycles. The van der Waals surface area contributed by atoms with Gasteiger partial charge >= 0.3 is 6.18 Å². The zero-order valence-corrected chi connectivity index (χ0v) is 18.3. The Morgan fingerprint density at radius 3 is 2.32 bits per heavy atom. The third kappa shape index (κ3) is 7.36. The molecule has 0 radical (unpaired) electrons. The molecule has 9 heteroatoms. The van der Waals surface area contributed by atoms with Crippen LogP contribution in [-0.4, -0.2) is 81.8 Å². The summed E-state index contributed by atoms with van der Waals surface area (Å²) in [5, 5.41) is 6.72. The van der Waals surface area contributed by atoms with Crippen LogP contribution in [0.1, 0.15) is 36.4 Å². The van der Waals surface area contributed by atoms with E-state index in [9.17, 15) is 13.2 Å². The van der Waals surface area contributed by atoms with E-state index in [1.54, 1.807) is 19.2 Å². The van der Waals surface area contributed by atoms with E-state index in [4.69, 9.17) is 4.74 Å². The summed E-state index contributed by atoms with van der Waals surface area (Å²) in [6.45, 7) is 7.38. The first-order valence-electron chi connectivity index (χ1n) is 11.1. The molecular formula is C22H34F3N5O. The number of alkyl halides is 3. The predicted octanol–water partition coefficient (Wildman–Crippen LogP) is 2.73. The van der Waals surface area contributed by atoms with Crippen molar-refractivity contribution in [2.75, 3.05) is 66.1 Å². The van der Waals surface area contributed by atoms with Crippen molar-refractivity contribution in [1.29, 1.82) is 0 Å². The van der Waals surface area contributed by atoms with Crippen molar-refractivity contribution < 1.29 is 17.9 Å². The molecule has 1 aromatic carbocycles. The number of piperidine rings is 1. The summed E-state index contributed by atoms with van der Waals surface area (Å²) in [7, 11) is 1.73. The van der Waals surface area contributed by atoms with Crippen LogP contribution < -0.4 is 10.6 Å². The lowest BCUT2D eigenvalue weighted by Crippen LogP contribution is -2.47. The van der Waals surface area contributed by atoms with Crippen LogP contribution >= 0.6 is 0 Å². The van der Waals surface area contributed by atoms with Crippen LogP contribution in [0.25, 0.3) is 0 Å². The topological polar surface area (TPSA) is 52.1 Å². The second-order valence-electron chi connectivity index (χ2n) is 8.07. The van der Waals surface area contributed by atoms with E-state index in [1.165, 1.54) is 19.3 Å². The van der Waals surface area contributed by atoms with Crippen molar-refractivity contribution in [3.8, 4) is 0 Å². The largest absolute Gasteiger partial charge is 0.416 e. The fourth-order valence-electron chi connectivity index (χ4n) is 4.17. The van der Waals surface area contributed by atoms with Crippen LogP contribution in [0.4, 0.5) is 13.2 Å². The van der Waals surface area contributed by atoms with Crippen LogP contribution in [0.5, 0.6) is 0 Å². The molecule has 31 heavy (non-hydrogen) atoms. The summed E-state index contributed by atoms with van der Waals surface area (Å²) in [6.07, 6.45) is -0.478. The molecule has 2 fully saturated rings. The standard InChI is InChI=1S/C22H34F3N5O/c1-26-21(27-9-12-29-10-3-2-4-11-29)28-17-20(30-13-15-31-16-14-30)18-5-7-19(8-6-18)22(23,24)25/h5-8,20H,2-4,9-17H2,1H3,(H2,26,27,28). The summed E-state index contributed by atoms with van der Waals surface area (Å²) in [5.41, 5.74) is 0.228. The van der Waals surface area contributed by atoms with E-state index in [-0.39, 0.29) is 6.04 Å². The first kappa shape index (κ1) is 23.8. The molecule has 1 unspecified atom stereocenters. The number of ether oxygens (including phenoxy) is 1. The minimum atomic E-state index is -4.33. The van der Waals surface area contributed by atoms with E-state index in [2.05, 4.69) is 25.4 Å². The number of aliphatic imine (C=N–C) groups is 1. The normalized spacial score (nSPS) is 20.5. The first-order chi connectivity index (χ1) is 15.0. The van der Waals surface area contributed by atoms with Gasteiger partial charge in [0.2, 0.25) is 0 Å². The summed E-state index contributed by atoms with van der Waals surface area (Å²) in [5.74, 6) is 0.710. The number of likely N-dealkylation sites (tertiary alicyclic amines) is 1. The first-order valence-corrected chi connectivity index (χ1v) is 11.1. The lowest BCUT2D eigenvalue weighted by Gasteiger charge is -2.35. The fraction of sp³-hybridized carbons (Fsp3) is 0.682. The number of nitrogens with one attached hydrogen (secondary N) is 2. The maximum atomic E-state index is 13.0. The number of nitrogens with zero attached hydrogens (tertiary/aromatic N) is 3. The highest BCUT2D eigenvalue weighted by molar-refractivity contribution is 5.79. The van der Waals surface area contributed by atoms with E-state index in [0.29, 0.717) is 25.7 Å². The summed E-state index contributed by atoms with van der Waals surface area (Å²) < 4.78 is 44.3. The van der Waals surface area contributed by atoms with Crippen LogP contribution in [0.3, 0.4) is 0 Å². The lowest BCUT2D eigenvalue weighted by atomic mass is 10.0. The van der Waals surface area contributed by atoms with Gasteiger partial charge in [0.25, 0.3) is 0 Å². The summed E-state index contributed by atoms with van der Waals surface area (Å²) >= 11 is 0. The van der Waals surface area contributed by atoms with Crippen LogP contribution in [0, 0.1) is 0 Å². The molecule has 2 aliphatic heterocycles. The highest BCUT2D eigenvalue weighted by atomic mass is 19.4. The molecule has 0 amide bonds. The van der Waals surface area contributed by atoms with Gasteiger partial charge in [0.15, 0.2) is 5.96 Å². The zero-order valence-electron chi connectivity index (χ0n) is 18.3. The average molecular weight is 442 g/mol. The summed E-state index contributed by atoms with van der Waals surface area (Å²) in [4.78, 5) is 9.02. The second-order valence-corrected chi connectivity index (χ2v) is 8.07. The Kier molecular flexibility index (Phi) is 8.98. The Bertz CT molecular complexity index is 683. The monoisotopic (exact) mass is 441 g/mol. The number of hydrogen-bond donors (Lipinski definition) is 2. The van der Waals surface area contributed by atoms with E-state index in [0.717, 1.165) is 57.0 Å². The van der Waals surface area contributed by atoms with Gasteiger partial charge in [-0.3, -0.25) is 9.89 Å². The molecule has 0 aliphatic carbocycles. The Labute approximate surface area is 182 Å². The fourth-order valence-corrected chi connectivity index (χ4v) is 4.17. The highest BCUT2D eigenvalue weighted by Crippen LogP contribution is 2.31. The van der Waals surface area contributed by atoms with Gasteiger partial charge in [0.05, 0.1) is 24.8 Å². The molecular weight excluding hydrogens is 407 g/mol. The van der Waals surface area contributed by atoms with Gasteiger partial charge in [-0.1, -0.05) is 18.6 Å². The smallest absolute Gasteiger partial charge is 0.379 e. The Morgan fingerprint density at radius 1 is 1.03 bits per heavy atom. The summed E-state index contributed by atoms with van der Waals surface area (Å²) in [6, 6.07) is 5.42. The molecule has 1 aromatic rings. The van der Waals surface area contributed by atoms with Gasteiger partial charge in [0.1, 0.15) is 0 Å². The SMILES string of the molecule is CN=C(NCCN1CCCCC1)NCC(c1ccc(C(F)(F)F)cc1)N1CCOCC1. The minimum Gasteiger partial charge on any atom is -0.379 e. The minimum absolute atomic E-state index is 0.0631. The Balaban J connectivity index is 1.58. The van der Waals surface area contributed by atoms with E-state index < -0.39 is 11.7 Å². The van der Waals surface area contributed by atoms with Crippen molar-refractivity contribution >= 4 is 5.96 Å². The van der Waals surface area contributed by atoms with Crippen molar-refractivity contribution in [3.05, 3.63) is 35.4 Å². The number of guanidine groups is 1. The molecule has 2 N–H and O–H groups in total. The van der Waals surface area contributed by atoms with E-state index >= 15 is 0 Å². The Morgan fingerprint density at radius 2 is 1.71 bits per heavy atom. The van der Waals surface area contributed by atoms with Crippen molar-refractivity contribution in [3.63, 3.8) is 0 Å². The number of morpholine rings is 1. The number of rotatable bonds is 7. The average Bonchev–Trinajstić information content (AvgIpc) is 2.79. The predicted molar refractivity (Wildman–Crippen MR) is 116 cm³/mol. The van der Waals surface area contributed by atoms with E-state index in [1.807, 2.05) is 0 Å². The van der Waals surface area contributed by atoms with Gasteiger partial charge in [-0.25, -0.2) is 0 Å². The number of benzene rings is 1. The molecule has 6 nitrogen and oxygen atoms in total. The number of halogens is 3. The van der Waals surface area contributed by atoms with Gasteiger partial charge in [-0.2, -0.15) is 13.2 Å². The zero-order chi connectivity index (χ0) is 22.1. The molecule has 174 valence electrons. The van der Waals surface area contributed by atoms with Crippen LogP contribution in [-0.2, 0) is 10.9 Å². The lowest BCUT2D eigenvalue weighted by molar-refractivity contribution is -0.137. The van der Waals surface area contributed by atoms with Crippen molar-refractivity contribution in [2.24, 2.45) is 4.99 Å².